The Morgan fingerprint density at radius 2 is 2.12 bits per heavy atom. The summed E-state index contributed by atoms with van der Waals surface area (Å²) in [6.07, 6.45) is 2.84. The number of aromatic nitrogens is 3. The van der Waals surface area contributed by atoms with Crippen LogP contribution in [0, 0.1) is 6.92 Å². The molecule has 2 aromatic heterocycles. The van der Waals surface area contributed by atoms with Gasteiger partial charge in [0, 0.05) is 30.2 Å². The molecule has 1 aliphatic rings. The molecule has 0 aliphatic carbocycles. The van der Waals surface area contributed by atoms with E-state index in [-0.39, 0.29) is 0 Å². The van der Waals surface area contributed by atoms with Gasteiger partial charge in [0.25, 0.3) is 0 Å². The number of guanidine groups is 1. The molecule has 126 valence electrons. The van der Waals surface area contributed by atoms with Gasteiger partial charge < -0.3 is 10.6 Å². The molecule has 0 atom stereocenters. The van der Waals surface area contributed by atoms with E-state index in [0.717, 1.165) is 47.6 Å². The van der Waals surface area contributed by atoms with Crippen molar-refractivity contribution < 1.29 is 0 Å². The number of hydrogen-bond donors (Lipinski definition) is 2. The Bertz CT molecular complexity index is 917. The van der Waals surface area contributed by atoms with Gasteiger partial charge in [0.05, 0.1) is 5.69 Å². The minimum Gasteiger partial charge on any atom is -0.356 e. The van der Waals surface area contributed by atoms with Gasteiger partial charge in [-0.15, -0.1) is 11.3 Å². The lowest BCUT2D eigenvalue weighted by molar-refractivity contribution is 0.740. The van der Waals surface area contributed by atoms with Crippen molar-refractivity contribution in [3.05, 3.63) is 47.5 Å². The van der Waals surface area contributed by atoms with Crippen LogP contribution in [-0.2, 0) is 0 Å². The average Bonchev–Trinajstić information content (AvgIpc) is 3.11. The molecule has 1 aromatic carbocycles. The van der Waals surface area contributed by atoms with Gasteiger partial charge in [-0.2, -0.15) is 0 Å². The number of anilines is 1. The van der Waals surface area contributed by atoms with Crippen LogP contribution in [-0.4, -0.2) is 34.0 Å². The number of nitrogens with one attached hydrogen (secondary N) is 2. The van der Waals surface area contributed by atoms with Crippen molar-refractivity contribution in [3.63, 3.8) is 0 Å². The van der Waals surface area contributed by atoms with Crippen LogP contribution in [0.5, 0.6) is 0 Å². The third-order valence-corrected chi connectivity index (χ3v) is 4.58. The highest BCUT2D eigenvalue weighted by atomic mass is 32.1. The first-order valence-corrected chi connectivity index (χ1v) is 9.07. The van der Waals surface area contributed by atoms with Gasteiger partial charge in [-0.3, -0.25) is 4.99 Å². The van der Waals surface area contributed by atoms with Crippen LogP contribution in [0.4, 0.5) is 5.13 Å². The predicted molar refractivity (Wildman–Crippen MR) is 102 cm³/mol. The average molecular weight is 350 g/mol. The monoisotopic (exact) mass is 350 g/mol. The van der Waals surface area contributed by atoms with E-state index in [2.05, 4.69) is 49.6 Å². The van der Waals surface area contributed by atoms with E-state index in [4.69, 9.17) is 0 Å². The molecule has 2 N–H and O–H groups in total. The number of aliphatic imine (C=N–C) groups is 1. The second-order valence-corrected chi connectivity index (χ2v) is 6.67. The van der Waals surface area contributed by atoms with Gasteiger partial charge >= 0.3 is 0 Å². The molecule has 25 heavy (non-hydrogen) atoms. The molecule has 7 heteroatoms. The van der Waals surface area contributed by atoms with E-state index >= 15 is 0 Å². The van der Waals surface area contributed by atoms with Crippen molar-refractivity contribution in [1.82, 2.24) is 20.3 Å². The Morgan fingerprint density at radius 3 is 2.96 bits per heavy atom. The minimum absolute atomic E-state index is 0.710. The zero-order valence-corrected chi connectivity index (χ0v) is 14.7. The smallest absolute Gasteiger partial charge is 0.197 e. The van der Waals surface area contributed by atoms with Crippen LogP contribution in [0.25, 0.3) is 22.8 Å². The van der Waals surface area contributed by atoms with Gasteiger partial charge in [0.1, 0.15) is 5.69 Å². The number of hydrogen-bond acceptors (Lipinski definition) is 7. The largest absolute Gasteiger partial charge is 0.356 e. The summed E-state index contributed by atoms with van der Waals surface area (Å²) in [6, 6.07) is 10.1. The molecular weight excluding hydrogens is 332 g/mol. The van der Waals surface area contributed by atoms with Crippen molar-refractivity contribution >= 4 is 22.4 Å². The standard InChI is InChI=1S/C18H18N6S/c1-12-4-2-5-13(10-12)16-19-9-6-14(22-16)15-11-25-18(23-15)24-17-20-7-3-8-21-17/h2,4-6,9-11H,3,7-8H2,1H3,(H2,20,21,23,24). The number of benzene rings is 1. The van der Waals surface area contributed by atoms with Crippen LogP contribution in [0.15, 0.2) is 46.9 Å². The third-order valence-electron chi connectivity index (χ3n) is 3.82. The van der Waals surface area contributed by atoms with E-state index in [1.807, 2.05) is 23.6 Å². The van der Waals surface area contributed by atoms with E-state index in [1.54, 1.807) is 6.20 Å². The summed E-state index contributed by atoms with van der Waals surface area (Å²) >= 11 is 1.54. The van der Waals surface area contributed by atoms with E-state index in [1.165, 1.54) is 16.9 Å². The molecule has 0 bridgehead atoms. The van der Waals surface area contributed by atoms with Crippen LogP contribution >= 0.6 is 11.3 Å². The minimum atomic E-state index is 0.710. The fraction of sp³-hybridized carbons (Fsp3) is 0.222. The van der Waals surface area contributed by atoms with Gasteiger partial charge in [-0.1, -0.05) is 23.8 Å². The summed E-state index contributed by atoms with van der Waals surface area (Å²) in [6.45, 7) is 3.85. The first-order valence-electron chi connectivity index (χ1n) is 8.19. The quantitative estimate of drug-likeness (QED) is 0.758. The molecule has 0 spiro atoms. The second-order valence-electron chi connectivity index (χ2n) is 5.81. The molecule has 0 saturated heterocycles. The van der Waals surface area contributed by atoms with Gasteiger partial charge in [-0.25, -0.2) is 15.0 Å². The molecule has 0 unspecified atom stereocenters. The van der Waals surface area contributed by atoms with Crippen LogP contribution < -0.4 is 10.6 Å². The van der Waals surface area contributed by atoms with Crippen molar-refractivity contribution in [2.24, 2.45) is 4.99 Å². The molecule has 3 heterocycles. The van der Waals surface area contributed by atoms with Gasteiger partial charge in [-0.05, 0) is 25.5 Å². The fourth-order valence-corrected chi connectivity index (χ4v) is 3.29. The van der Waals surface area contributed by atoms with Crippen molar-refractivity contribution in [3.8, 4) is 22.8 Å². The Morgan fingerprint density at radius 1 is 1.16 bits per heavy atom. The maximum Gasteiger partial charge on any atom is 0.197 e. The topological polar surface area (TPSA) is 75.1 Å². The van der Waals surface area contributed by atoms with Crippen molar-refractivity contribution in [2.45, 2.75) is 13.3 Å². The van der Waals surface area contributed by atoms with E-state index in [0.29, 0.717) is 5.82 Å². The first kappa shape index (κ1) is 15.7. The normalized spacial score (nSPS) is 13.9. The lowest BCUT2D eigenvalue weighted by Gasteiger charge is -2.14. The van der Waals surface area contributed by atoms with Gasteiger partial charge in [0.2, 0.25) is 0 Å². The molecule has 0 saturated carbocycles. The fourth-order valence-electron chi connectivity index (χ4n) is 2.59. The van der Waals surface area contributed by atoms with Gasteiger partial charge in [0.15, 0.2) is 16.9 Å². The Kier molecular flexibility index (Phi) is 4.39. The molecule has 3 aromatic rings. The Labute approximate surface area is 150 Å². The van der Waals surface area contributed by atoms with Crippen LogP contribution in [0.3, 0.4) is 0 Å². The zero-order valence-electron chi connectivity index (χ0n) is 13.9. The molecule has 6 nitrogen and oxygen atoms in total. The van der Waals surface area contributed by atoms with Crippen molar-refractivity contribution in [1.29, 1.82) is 0 Å². The summed E-state index contributed by atoms with van der Waals surface area (Å²) in [4.78, 5) is 18.1. The first-order chi connectivity index (χ1) is 12.3. The Balaban J connectivity index is 1.58. The lowest BCUT2D eigenvalue weighted by atomic mass is 10.1. The maximum absolute atomic E-state index is 4.67. The molecular formula is C18H18N6S. The van der Waals surface area contributed by atoms with E-state index in [9.17, 15) is 0 Å². The second kappa shape index (κ2) is 6.98. The zero-order chi connectivity index (χ0) is 17.1. The summed E-state index contributed by atoms with van der Waals surface area (Å²) in [5.74, 6) is 1.50. The molecule has 0 amide bonds. The number of thiazole rings is 1. The van der Waals surface area contributed by atoms with Crippen LogP contribution in [0.2, 0.25) is 0 Å². The van der Waals surface area contributed by atoms with E-state index < -0.39 is 0 Å². The number of nitrogens with zero attached hydrogens (tertiary/aromatic N) is 4. The van der Waals surface area contributed by atoms with Crippen LogP contribution in [0.1, 0.15) is 12.0 Å². The molecule has 1 aliphatic heterocycles. The summed E-state index contributed by atoms with van der Waals surface area (Å²) in [5.41, 5.74) is 3.85. The highest BCUT2D eigenvalue weighted by Gasteiger charge is 2.11. The molecule has 0 fully saturated rings. The lowest BCUT2D eigenvalue weighted by Crippen LogP contribution is -2.35. The van der Waals surface area contributed by atoms with Crippen molar-refractivity contribution in [2.75, 3.05) is 18.4 Å². The highest BCUT2D eigenvalue weighted by molar-refractivity contribution is 7.14. The number of rotatable bonds is 3. The molecule has 4 rings (SSSR count). The predicted octanol–water partition coefficient (Wildman–Crippen LogP) is 3.34. The Hall–Kier alpha value is -2.80. The highest BCUT2D eigenvalue weighted by Crippen LogP contribution is 2.25. The number of aryl methyl sites for hydroxylation is 1. The SMILES string of the molecule is Cc1cccc(-c2nccc(-c3csc(NC4=NCCCN4)n3)n2)c1. The summed E-state index contributed by atoms with van der Waals surface area (Å²) in [7, 11) is 0. The molecule has 0 radical (unpaired) electrons. The summed E-state index contributed by atoms with van der Waals surface area (Å²) in [5, 5.41) is 9.26. The maximum atomic E-state index is 4.67. The third kappa shape index (κ3) is 3.66. The summed E-state index contributed by atoms with van der Waals surface area (Å²) < 4.78 is 0.